The molecule has 2 heterocycles. The van der Waals surface area contributed by atoms with Crippen LogP contribution in [0, 0.1) is 0 Å². The van der Waals surface area contributed by atoms with Crippen LogP contribution >= 0.6 is 0 Å². The molecule has 1 aromatic rings. The van der Waals surface area contributed by atoms with Crippen molar-refractivity contribution >= 4 is 11.7 Å². The summed E-state index contributed by atoms with van der Waals surface area (Å²) in [6.45, 7) is 0.380. The van der Waals surface area contributed by atoms with Crippen molar-refractivity contribution in [2.24, 2.45) is 0 Å². The molecule has 18 heavy (non-hydrogen) atoms. The molecule has 0 aliphatic carbocycles. The Morgan fingerprint density at radius 3 is 2.72 bits per heavy atom. The van der Waals surface area contributed by atoms with Crippen LogP contribution in [0.4, 0.5) is 19.0 Å². The van der Waals surface area contributed by atoms with Crippen LogP contribution in [0.5, 0.6) is 0 Å². The van der Waals surface area contributed by atoms with Crippen LogP contribution in [-0.2, 0) is 11.0 Å². The van der Waals surface area contributed by atoms with Crippen molar-refractivity contribution in [1.29, 1.82) is 0 Å². The van der Waals surface area contributed by atoms with Gasteiger partial charge in [0.05, 0.1) is 0 Å². The number of nitrogens with zero attached hydrogens (tertiary/aromatic N) is 1. The lowest BCUT2D eigenvalue weighted by Crippen LogP contribution is -2.33. The van der Waals surface area contributed by atoms with Gasteiger partial charge in [-0.15, -0.1) is 0 Å². The highest BCUT2D eigenvalue weighted by atomic mass is 19.4. The maximum atomic E-state index is 12.9. The third-order valence-corrected chi connectivity index (χ3v) is 2.90. The molecular formula is C11H12F3N3O. The van der Waals surface area contributed by atoms with Crippen LogP contribution in [-0.4, -0.2) is 17.4 Å². The van der Waals surface area contributed by atoms with E-state index in [1.165, 1.54) is 12.1 Å². The monoisotopic (exact) mass is 259 g/mol. The molecule has 1 aliphatic rings. The molecule has 4 nitrogen and oxygen atoms in total. The Morgan fingerprint density at radius 1 is 1.39 bits per heavy atom. The number of carbonyl (C=O) groups excluding carboxylic acids is 1. The number of alkyl halides is 3. The average Bonchev–Trinajstić information content (AvgIpc) is 2.27. The standard InChI is InChI=1S/C11H12F3N3O/c12-11(13,14)10-7(1-2-8(15)17-10)6-3-4-16-9(18)5-6/h1-2,6H,3-5H2,(H2,15,17)(H,16,18). The normalized spacial score (nSPS) is 20.6. The zero-order chi connectivity index (χ0) is 13.3. The molecule has 2 rings (SSSR count). The van der Waals surface area contributed by atoms with Gasteiger partial charge in [0.1, 0.15) is 11.5 Å². The molecule has 1 saturated heterocycles. The Kier molecular flexibility index (Phi) is 3.14. The van der Waals surface area contributed by atoms with Gasteiger partial charge in [-0.1, -0.05) is 6.07 Å². The molecule has 1 unspecified atom stereocenters. The number of aromatic nitrogens is 1. The molecule has 0 bridgehead atoms. The molecule has 0 radical (unpaired) electrons. The highest BCUT2D eigenvalue weighted by Crippen LogP contribution is 2.37. The molecule has 98 valence electrons. The Morgan fingerprint density at radius 2 is 2.11 bits per heavy atom. The minimum Gasteiger partial charge on any atom is -0.384 e. The predicted octanol–water partition coefficient (Wildman–Crippen LogP) is 1.68. The number of pyridine rings is 1. The van der Waals surface area contributed by atoms with Crippen molar-refractivity contribution < 1.29 is 18.0 Å². The second kappa shape index (κ2) is 4.47. The first kappa shape index (κ1) is 12.7. The summed E-state index contributed by atoms with van der Waals surface area (Å²) < 4.78 is 38.6. The number of nitrogens with two attached hydrogens (primary N) is 1. The fourth-order valence-electron chi connectivity index (χ4n) is 2.09. The smallest absolute Gasteiger partial charge is 0.384 e. The van der Waals surface area contributed by atoms with Crippen LogP contribution in [0.25, 0.3) is 0 Å². The molecule has 7 heteroatoms. The quantitative estimate of drug-likeness (QED) is 0.806. The summed E-state index contributed by atoms with van der Waals surface area (Å²) in [4.78, 5) is 14.6. The molecule has 0 spiro atoms. The fraction of sp³-hybridized carbons (Fsp3) is 0.455. The number of nitrogens with one attached hydrogen (secondary N) is 1. The van der Waals surface area contributed by atoms with Gasteiger partial charge in [-0.2, -0.15) is 13.2 Å². The van der Waals surface area contributed by atoms with E-state index in [0.29, 0.717) is 13.0 Å². The van der Waals surface area contributed by atoms with Crippen LogP contribution in [0.1, 0.15) is 30.0 Å². The first-order chi connectivity index (χ1) is 8.38. The topological polar surface area (TPSA) is 68.0 Å². The van der Waals surface area contributed by atoms with Crippen molar-refractivity contribution in [1.82, 2.24) is 10.3 Å². The highest BCUT2D eigenvalue weighted by molar-refractivity contribution is 5.77. The van der Waals surface area contributed by atoms with Crippen molar-refractivity contribution in [2.75, 3.05) is 12.3 Å². The molecule has 1 atom stereocenters. The molecule has 1 fully saturated rings. The molecule has 1 aromatic heterocycles. The Hall–Kier alpha value is -1.79. The van der Waals surface area contributed by atoms with Gasteiger partial charge in [0.2, 0.25) is 5.91 Å². The number of amides is 1. The van der Waals surface area contributed by atoms with Gasteiger partial charge < -0.3 is 11.1 Å². The third kappa shape index (κ3) is 2.55. The van der Waals surface area contributed by atoms with Gasteiger partial charge in [-0.25, -0.2) is 4.98 Å². The van der Waals surface area contributed by atoms with E-state index in [1.807, 2.05) is 0 Å². The number of halogens is 3. The first-order valence-corrected chi connectivity index (χ1v) is 5.48. The van der Waals surface area contributed by atoms with Gasteiger partial charge in [0.25, 0.3) is 0 Å². The second-order valence-corrected chi connectivity index (χ2v) is 4.21. The van der Waals surface area contributed by atoms with Crippen molar-refractivity contribution in [3.05, 3.63) is 23.4 Å². The summed E-state index contributed by atoms with van der Waals surface area (Å²) in [5.41, 5.74) is 4.35. The fourth-order valence-corrected chi connectivity index (χ4v) is 2.09. The van der Waals surface area contributed by atoms with Gasteiger partial charge in [-0.05, 0) is 24.0 Å². The lowest BCUT2D eigenvalue weighted by atomic mass is 9.88. The number of rotatable bonds is 1. The average molecular weight is 259 g/mol. The van der Waals surface area contributed by atoms with E-state index in [1.54, 1.807) is 0 Å². The van der Waals surface area contributed by atoms with E-state index in [-0.39, 0.29) is 23.7 Å². The van der Waals surface area contributed by atoms with E-state index in [2.05, 4.69) is 10.3 Å². The van der Waals surface area contributed by atoms with E-state index < -0.39 is 17.8 Å². The molecule has 3 N–H and O–H groups in total. The minimum atomic E-state index is -4.56. The summed E-state index contributed by atoms with van der Waals surface area (Å²) in [6.07, 6.45) is -4.03. The number of piperidine rings is 1. The van der Waals surface area contributed by atoms with Crippen LogP contribution < -0.4 is 11.1 Å². The van der Waals surface area contributed by atoms with E-state index in [4.69, 9.17) is 5.73 Å². The Labute approximate surface area is 101 Å². The van der Waals surface area contributed by atoms with Crippen molar-refractivity contribution in [3.63, 3.8) is 0 Å². The number of hydrogen-bond donors (Lipinski definition) is 2. The lowest BCUT2D eigenvalue weighted by molar-refractivity contribution is -0.142. The molecule has 0 aromatic carbocycles. The summed E-state index contributed by atoms with van der Waals surface area (Å²) in [5.74, 6) is -0.869. The highest BCUT2D eigenvalue weighted by Gasteiger charge is 2.38. The maximum absolute atomic E-state index is 12.9. The maximum Gasteiger partial charge on any atom is 0.433 e. The SMILES string of the molecule is Nc1ccc(C2CCNC(=O)C2)c(C(F)(F)F)n1. The number of hydrogen-bond acceptors (Lipinski definition) is 3. The lowest BCUT2D eigenvalue weighted by Gasteiger charge is -2.24. The largest absolute Gasteiger partial charge is 0.433 e. The Balaban J connectivity index is 2.40. The van der Waals surface area contributed by atoms with Gasteiger partial charge in [0, 0.05) is 13.0 Å². The minimum absolute atomic E-state index is 0.0477. The van der Waals surface area contributed by atoms with Crippen LogP contribution in [0.3, 0.4) is 0 Å². The van der Waals surface area contributed by atoms with Gasteiger partial charge in [-0.3, -0.25) is 4.79 Å². The summed E-state index contributed by atoms with van der Waals surface area (Å²) in [5, 5.41) is 2.59. The molecule has 1 aliphatic heterocycles. The summed E-state index contributed by atoms with van der Waals surface area (Å²) >= 11 is 0. The zero-order valence-electron chi connectivity index (χ0n) is 9.42. The third-order valence-electron chi connectivity index (χ3n) is 2.90. The van der Waals surface area contributed by atoms with E-state index in [9.17, 15) is 18.0 Å². The van der Waals surface area contributed by atoms with Crippen molar-refractivity contribution in [3.8, 4) is 0 Å². The van der Waals surface area contributed by atoms with E-state index in [0.717, 1.165) is 0 Å². The molecule has 0 saturated carbocycles. The van der Waals surface area contributed by atoms with Crippen LogP contribution in [0.15, 0.2) is 12.1 Å². The summed E-state index contributed by atoms with van der Waals surface area (Å²) in [7, 11) is 0. The second-order valence-electron chi connectivity index (χ2n) is 4.21. The predicted molar refractivity (Wildman–Crippen MR) is 58.6 cm³/mol. The van der Waals surface area contributed by atoms with E-state index >= 15 is 0 Å². The number of carbonyl (C=O) groups is 1. The molecule has 1 amide bonds. The molecular weight excluding hydrogens is 247 g/mol. The zero-order valence-corrected chi connectivity index (χ0v) is 9.42. The van der Waals surface area contributed by atoms with Gasteiger partial charge in [0.15, 0.2) is 0 Å². The van der Waals surface area contributed by atoms with Crippen LogP contribution in [0.2, 0.25) is 0 Å². The van der Waals surface area contributed by atoms with Gasteiger partial charge >= 0.3 is 6.18 Å². The van der Waals surface area contributed by atoms with Crippen molar-refractivity contribution in [2.45, 2.75) is 24.9 Å². The Bertz CT molecular complexity index is 473. The number of nitrogen functional groups attached to an aromatic ring is 1. The summed E-state index contributed by atoms with van der Waals surface area (Å²) in [6, 6.07) is 2.64. The first-order valence-electron chi connectivity index (χ1n) is 5.48. The number of anilines is 1.